The summed E-state index contributed by atoms with van der Waals surface area (Å²) in [7, 11) is 0. The molecule has 1 aromatic carbocycles. The Morgan fingerprint density at radius 3 is 2.54 bits per heavy atom. The van der Waals surface area contributed by atoms with E-state index in [1.165, 1.54) is 6.42 Å². The van der Waals surface area contributed by atoms with Crippen LogP contribution >= 0.6 is 0 Å². The number of hydrogen-bond acceptors (Lipinski definition) is 3. The minimum atomic E-state index is -0.382. The highest BCUT2D eigenvalue weighted by Crippen LogP contribution is 2.32. The number of hydrogen-bond donors (Lipinski definition) is 3. The first-order valence-electron chi connectivity index (χ1n) is 9.52. The van der Waals surface area contributed by atoms with Gasteiger partial charge in [-0.1, -0.05) is 51.3 Å². The third-order valence-electron chi connectivity index (χ3n) is 5.57. The first-order valence-corrected chi connectivity index (χ1v) is 9.52. The molecule has 1 aromatic heterocycles. The van der Waals surface area contributed by atoms with E-state index in [9.17, 15) is 9.59 Å². The number of nitrogens with two attached hydrogens (primary N) is 1. The number of carbonyl (C=O) groups excluding carboxylic acids is 2. The van der Waals surface area contributed by atoms with E-state index in [4.69, 9.17) is 5.73 Å². The van der Waals surface area contributed by atoms with Crippen molar-refractivity contribution in [3.05, 3.63) is 30.0 Å². The topological polar surface area (TPSA) is 101 Å². The average Bonchev–Trinajstić information content (AvgIpc) is 3.05. The van der Waals surface area contributed by atoms with E-state index in [2.05, 4.69) is 15.5 Å². The zero-order valence-corrected chi connectivity index (χ0v) is 15.5. The zero-order valence-electron chi connectivity index (χ0n) is 15.5. The lowest BCUT2D eigenvalue weighted by Crippen LogP contribution is -2.52. The van der Waals surface area contributed by atoms with Crippen molar-refractivity contribution in [2.24, 2.45) is 23.5 Å². The lowest BCUT2D eigenvalue weighted by molar-refractivity contribution is -0.124. The van der Waals surface area contributed by atoms with Gasteiger partial charge in [0.25, 0.3) is 5.91 Å². The van der Waals surface area contributed by atoms with Gasteiger partial charge in [0.1, 0.15) is 0 Å². The van der Waals surface area contributed by atoms with Gasteiger partial charge in [-0.2, -0.15) is 5.10 Å². The van der Waals surface area contributed by atoms with Crippen LogP contribution in [0.1, 0.15) is 56.4 Å². The molecule has 0 bridgehead atoms. The van der Waals surface area contributed by atoms with Crippen molar-refractivity contribution >= 4 is 22.7 Å². The van der Waals surface area contributed by atoms with E-state index < -0.39 is 0 Å². The molecule has 1 aliphatic rings. The van der Waals surface area contributed by atoms with Gasteiger partial charge in [-0.05, 0) is 30.7 Å². The number of benzene rings is 1. The number of amides is 2. The molecule has 1 unspecified atom stereocenters. The molecule has 0 aliphatic heterocycles. The summed E-state index contributed by atoms with van der Waals surface area (Å²) >= 11 is 0. The molecule has 0 spiro atoms. The Morgan fingerprint density at radius 1 is 1.19 bits per heavy atom. The maximum absolute atomic E-state index is 13.0. The number of aromatic nitrogens is 2. The lowest BCUT2D eigenvalue weighted by Gasteiger charge is -2.36. The number of carbonyl (C=O) groups is 2. The molecule has 2 amide bonds. The third-order valence-corrected chi connectivity index (χ3v) is 5.57. The fraction of sp³-hybridized carbons (Fsp3) is 0.550. The highest BCUT2D eigenvalue weighted by atomic mass is 16.2. The van der Waals surface area contributed by atoms with Gasteiger partial charge in [0.05, 0.1) is 11.4 Å². The second-order valence-electron chi connectivity index (χ2n) is 7.69. The maximum Gasteiger partial charge on any atom is 0.272 e. The van der Waals surface area contributed by atoms with E-state index >= 15 is 0 Å². The van der Waals surface area contributed by atoms with Gasteiger partial charge < -0.3 is 11.1 Å². The van der Waals surface area contributed by atoms with Gasteiger partial charge in [0.2, 0.25) is 5.91 Å². The van der Waals surface area contributed by atoms with Crippen LogP contribution in [0.25, 0.3) is 10.9 Å². The molecule has 6 heteroatoms. The highest BCUT2D eigenvalue weighted by molar-refractivity contribution is 6.04. The summed E-state index contributed by atoms with van der Waals surface area (Å²) in [5.74, 6) is -0.631. The SMILES string of the molecule is CC(C)[C@H](C(N)=O)C(NC(=O)c1n[nH]c2ccccc12)C1CCCCC1. The van der Waals surface area contributed by atoms with E-state index in [1.54, 1.807) is 0 Å². The fourth-order valence-corrected chi connectivity index (χ4v) is 4.27. The molecular weight excluding hydrogens is 328 g/mol. The molecule has 2 aromatic rings. The van der Waals surface area contributed by atoms with E-state index in [0.717, 1.165) is 36.6 Å². The van der Waals surface area contributed by atoms with Crippen LogP contribution in [0.5, 0.6) is 0 Å². The molecule has 1 aliphatic carbocycles. The second kappa shape index (κ2) is 7.89. The second-order valence-corrected chi connectivity index (χ2v) is 7.69. The molecule has 0 saturated heterocycles. The molecule has 1 saturated carbocycles. The monoisotopic (exact) mass is 356 g/mol. The summed E-state index contributed by atoms with van der Waals surface area (Å²) < 4.78 is 0. The van der Waals surface area contributed by atoms with Gasteiger partial charge in [-0.15, -0.1) is 0 Å². The Morgan fingerprint density at radius 2 is 1.88 bits per heavy atom. The Balaban J connectivity index is 1.88. The summed E-state index contributed by atoms with van der Waals surface area (Å²) in [4.78, 5) is 25.1. The van der Waals surface area contributed by atoms with Crippen LogP contribution in [-0.2, 0) is 4.79 Å². The van der Waals surface area contributed by atoms with Crippen LogP contribution in [0.2, 0.25) is 0 Å². The summed E-state index contributed by atoms with van der Waals surface area (Å²) in [5, 5.41) is 11.0. The van der Waals surface area contributed by atoms with Gasteiger partial charge in [0, 0.05) is 11.4 Å². The van der Waals surface area contributed by atoms with Crippen molar-refractivity contribution in [2.75, 3.05) is 0 Å². The van der Waals surface area contributed by atoms with Crippen LogP contribution in [0.15, 0.2) is 24.3 Å². The minimum absolute atomic E-state index is 0.0654. The largest absolute Gasteiger partial charge is 0.369 e. The molecule has 0 radical (unpaired) electrons. The van der Waals surface area contributed by atoms with Crippen molar-refractivity contribution in [3.63, 3.8) is 0 Å². The number of nitrogens with zero attached hydrogens (tertiary/aromatic N) is 1. The molecule has 6 nitrogen and oxygen atoms in total. The molecule has 4 N–H and O–H groups in total. The number of H-pyrrole nitrogens is 1. The smallest absolute Gasteiger partial charge is 0.272 e. The Bertz CT molecular complexity index is 777. The average molecular weight is 356 g/mol. The van der Waals surface area contributed by atoms with Crippen molar-refractivity contribution in [1.82, 2.24) is 15.5 Å². The zero-order chi connectivity index (χ0) is 18.7. The van der Waals surface area contributed by atoms with Gasteiger partial charge >= 0.3 is 0 Å². The fourth-order valence-electron chi connectivity index (χ4n) is 4.27. The van der Waals surface area contributed by atoms with Crippen molar-refractivity contribution in [1.29, 1.82) is 0 Å². The van der Waals surface area contributed by atoms with Crippen molar-refractivity contribution < 1.29 is 9.59 Å². The molecule has 2 atom stereocenters. The number of rotatable bonds is 6. The maximum atomic E-state index is 13.0. The number of nitrogens with one attached hydrogen (secondary N) is 2. The van der Waals surface area contributed by atoms with Gasteiger partial charge in [-0.3, -0.25) is 14.7 Å². The molecule has 1 heterocycles. The standard InChI is InChI=1S/C20H28N4O2/c1-12(2)16(19(21)25)17(13-8-4-3-5-9-13)22-20(26)18-14-10-6-7-11-15(14)23-24-18/h6-7,10-13,16-17H,3-5,8-9H2,1-2H3,(H2,21,25)(H,22,26)(H,23,24)/t16-,17?/m0/s1. The Kier molecular flexibility index (Phi) is 5.59. The Hall–Kier alpha value is -2.37. The van der Waals surface area contributed by atoms with E-state index in [0.29, 0.717) is 5.69 Å². The number of fused-ring (bicyclic) bond motifs is 1. The van der Waals surface area contributed by atoms with E-state index in [-0.39, 0.29) is 35.6 Å². The van der Waals surface area contributed by atoms with Gasteiger partial charge in [-0.25, -0.2) is 0 Å². The predicted octanol–water partition coefficient (Wildman–Crippen LogP) is 3.00. The molecule has 140 valence electrons. The number of aromatic amines is 1. The van der Waals surface area contributed by atoms with Crippen LogP contribution in [-0.4, -0.2) is 28.1 Å². The van der Waals surface area contributed by atoms with Crippen LogP contribution in [0, 0.1) is 17.8 Å². The molecule has 1 fully saturated rings. The molecule has 3 rings (SSSR count). The van der Waals surface area contributed by atoms with Crippen LogP contribution < -0.4 is 11.1 Å². The summed E-state index contributed by atoms with van der Waals surface area (Å²) in [6.07, 6.45) is 5.51. The summed E-state index contributed by atoms with van der Waals surface area (Å²) in [5.41, 5.74) is 6.91. The van der Waals surface area contributed by atoms with Crippen LogP contribution in [0.3, 0.4) is 0 Å². The third kappa shape index (κ3) is 3.74. The van der Waals surface area contributed by atoms with Crippen LogP contribution in [0.4, 0.5) is 0 Å². The highest BCUT2D eigenvalue weighted by Gasteiger charge is 2.37. The normalized spacial score (nSPS) is 18.0. The van der Waals surface area contributed by atoms with Crippen molar-refractivity contribution in [2.45, 2.75) is 52.0 Å². The molecule has 26 heavy (non-hydrogen) atoms. The Labute approximate surface area is 153 Å². The number of para-hydroxylation sites is 1. The minimum Gasteiger partial charge on any atom is -0.369 e. The van der Waals surface area contributed by atoms with E-state index in [1.807, 2.05) is 38.1 Å². The summed E-state index contributed by atoms with van der Waals surface area (Å²) in [6.45, 7) is 3.97. The van der Waals surface area contributed by atoms with Crippen molar-refractivity contribution in [3.8, 4) is 0 Å². The quantitative estimate of drug-likeness (QED) is 0.741. The first-order chi connectivity index (χ1) is 12.5. The summed E-state index contributed by atoms with van der Waals surface area (Å²) in [6, 6.07) is 7.29. The first kappa shape index (κ1) is 18.4. The predicted molar refractivity (Wildman–Crippen MR) is 101 cm³/mol. The van der Waals surface area contributed by atoms with Gasteiger partial charge in [0.15, 0.2) is 5.69 Å². The lowest BCUT2D eigenvalue weighted by atomic mass is 9.74. The number of primary amides is 1. The molecular formula is C20H28N4O2.